The first-order chi connectivity index (χ1) is 19.8. The Balaban J connectivity index is 1.48. The zero-order valence-electron chi connectivity index (χ0n) is 21.4. The van der Waals surface area contributed by atoms with Crippen LogP contribution in [0, 0.1) is 6.57 Å². The molecule has 5 nitrogen and oxygen atoms in total. The number of nitrogens with zero attached hydrogens (tertiary/aromatic N) is 5. The molecule has 0 radical (unpaired) electrons. The number of rotatable bonds is 4. The highest BCUT2D eigenvalue weighted by molar-refractivity contribution is 6.27. The summed E-state index contributed by atoms with van der Waals surface area (Å²) in [6, 6.07) is 39.7. The van der Waals surface area contributed by atoms with Gasteiger partial charge in [-0.25, -0.2) is 4.85 Å². The topological polar surface area (TPSA) is 38.3 Å². The van der Waals surface area contributed by atoms with Crippen LogP contribution in [0.1, 0.15) is 0 Å². The molecule has 0 bridgehead atoms. The van der Waals surface area contributed by atoms with Gasteiger partial charge in [-0.1, -0.05) is 60.7 Å². The first-order valence-electron chi connectivity index (χ1n) is 13.1. The molecule has 0 unspecified atom stereocenters. The molecular weight excluding hydrogens is 490 g/mol. The summed E-state index contributed by atoms with van der Waals surface area (Å²) in [5, 5.41) is 4.84. The smallest absolute Gasteiger partial charge is 0.187 e. The van der Waals surface area contributed by atoms with Gasteiger partial charge in [0.25, 0.3) is 0 Å². The van der Waals surface area contributed by atoms with Crippen LogP contribution in [-0.2, 0) is 0 Å². The van der Waals surface area contributed by atoms with Crippen molar-refractivity contribution in [2.24, 2.45) is 0 Å². The summed E-state index contributed by atoms with van der Waals surface area (Å²) in [6.07, 6.45) is 3.46. The molecular formula is C35H21N5. The quantitative estimate of drug-likeness (QED) is 0.174. The van der Waals surface area contributed by atoms with Crippen molar-refractivity contribution in [3.8, 4) is 5.69 Å². The molecule has 0 saturated heterocycles. The first kappa shape index (κ1) is 22.3. The predicted octanol–water partition coefficient (Wildman–Crippen LogP) is 9.34. The molecule has 2 aromatic heterocycles. The molecule has 8 rings (SSSR count). The van der Waals surface area contributed by atoms with Gasteiger partial charge in [0.15, 0.2) is 5.69 Å². The van der Waals surface area contributed by atoms with Crippen LogP contribution in [0.2, 0.25) is 0 Å². The number of fused-ring (bicyclic) bond motifs is 1. The lowest BCUT2D eigenvalue weighted by atomic mass is 9.99. The molecule has 0 aliphatic rings. The van der Waals surface area contributed by atoms with Crippen LogP contribution in [0.4, 0.5) is 22.7 Å². The van der Waals surface area contributed by atoms with E-state index in [4.69, 9.17) is 11.6 Å². The van der Waals surface area contributed by atoms with Gasteiger partial charge in [0.1, 0.15) is 5.52 Å². The van der Waals surface area contributed by atoms with E-state index in [0.29, 0.717) is 5.69 Å². The zero-order chi connectivity index (χ0) is 26.6. The average molecular weight is 512 g/mol. The third-order valence-electron chi connectivity index (χ3n) is 7.65. The van der Waals surface area contributed by atoms with E-state index in [-0.39, 0.29) is 0 Å². The average Bonchev–Trinajstić information content (AvgIpc) is 3.37. The van der Waals surface area contributed by atoms with Crippen LogP contribution in [-0.4, -0.2) is 14.5 Å². The van der Waals surface area contributed by atoms with Crippen LogP contribution in [0.25, 0.3) is 54.1 Å². The van der Waals surface area contributed by atoms with Gasteiger partial charge in [-0.3, -0.25) is 9.97 Å². The normalized spacial score (nSPS) is 11.5. The van der Waals surface area contributed by atoms with Crippen molar-refractivity contribution < 1.29 is 0 Å². The van der Waals surface area contributed by atoms with Gasteiger partial charge in [-0.2, -0.15) is 0 Å². The monoisotopic (exact) mass is 511 g/mol. The maximum Gasteiger partial charge on any atom is 0.187 e. The van der Waals surface area contributed by atoms with Crippen molar-refractivity contribution in [3.05, 3.63) is 139 Å². The molecule has 2 heterocycles. The number of benzene rings is 6. The molecule has 0 spiro atoms. The van der Waals surface area contributed by atoms with E-state index >= 15 is 0 Å². The fraction of sp³-hybridized carbons (Fsp3) is 0. The summed E-state index contributed by atoms with van der Waals surface area (Å²) in [5.74, 6) is 0. The molecule has 0 fully saturated rings. The summed E-state index contributed by atoms with van der Waals surface area (Å²) < 4.78 is 2.35. The Bertz CT molecular complexity index is 2220. The molecule has 0 atom stereocenters. The highest BCUT2D eigenvalue weighted by atomic mass is 15.2. The number of aromatic nitrogens is 3. The maximum absolute atomic E-state index is 7.45. The lowest BCUT2D eigenvalue weighted by molar-refractivity contribution is 1.18. The first-order valence-corrected chi connectivity index (χ1v) is 13.1. The molecule has 0 saturated carbocycles. The lowest BCUT2D eigenvalue weighted by Crippen LogP contribution is -2.11. The van der Waals surface area contributed by atoms with Gasteiger partial charge in [0, 0.05) is 39.9 Å². The fourth-order valence-electron chi connectivity index (χ4n) is 5.97. The molecule has 0 aliphatic heterocycles. The summed E-state index contributed by atoms with van der Waals surface area (Å²) in [7, 11) is 0. The van der Waals surface area contributed by atoms with Crippen LogP contribution in [0.5, 0.6) is 0 Å². The molecule has 0 amide bonds. The van der Waals surface area contributed by atoms with Crippen molar-refractivity contribution in [2.75, 3.05) is 4.90 Å². The second-order valence-corrected chi connectivity index (χ2v) is 9.80. The summed E-state index contributed by atoms with van der Waals surface area (Å²) in [4.78, 5) is 15.2. The second kappa shape index (κ2) is 8.65. The molecule has 0 N–H and O–H groups in total. The Morgan fingerprint density at radius 2 is 1.43 bits per heavy atom. The lowest BCUT2D eigenvalue weighted by Gasteiger charge is -2.27. The van der Waals surface area contributed by atoms with E-state index in [9.17, 15) is 0 Å². The van der Waals surface area contributed by atoms with E-state index in [1.807, 2.05) is 36.4 Å². The van der Waals surface area contributed by atoms with E-state index in [1.54, 1.807) is 12.4 Å². The highest BCUT2D eigenvalue weighted by Gasteiger charge is 2.23. The van der Waals surface area contributed by atoms with Gasteiger partial charge in [0.05, 0.1) is 34.5 Å². The Morgan fingerprint density at radius 1 is 0.625 bits per heavy atom. The Morgan fingerprint density at radius 3 is 2.27 bits per heavy atom. The predicted molar refractivity (Wildman–Crippen MR) is 164 cm³/mol. The number of hydrogen-bond donors (Lipinski definition) is 0. The standard InChI is InChI=1S/C35H21N5/c1-36-24-14-16-26(17-15-24)39(32-12-6-10-28-35(32)38-22-21-37-28)29-19-20-31-34-27(29)18-13-23-7-5-11-30(33(23)34)40(31)25-8-3-2-4-9-25/h2-22H. The molecule has 40 heavy (non-hydrogen) atoms. The minimum absolute atomic E-state index is 0.605. The second-order valence-electron chi connectivity index (χ2n) is 9.80. The van der Waals surface area contributed by atoms with E-state index < -0.39 is 0 Å². The molecule has 0 aliphatic carbocycles. The van der Waals surface area contributed by atoms with Gasteiger partial charge in [0.2, 0.25) is 0 Å². The molecule has 8 aromatic rings. The number of anilines is 3. The Hall–Kier alpha value is -5.73. The molecule has 6 aromatic carbocycles. The number of para-hydroxylation sites is 2. The Kier molecular flexibility index (Phi) is 4.82. The maximum atomic E-state index is 7.45. The third-order valence-corrected chi connectivity index (χ3v) is 7.65. The largest absolute Gasteiger partial charge is 0.309 e. The van der Waals surface area contributed by atoms with Crippen LogP contribution in [0.3, 0.4) is 0 Å². The van der Waals surface area contributed by atoms with E-state index in [1.165, 1.54) is 21.7 Å². The van der Waals surface area contributed by atoms with Crippen molar-refractivity contribution in [1.29, 1.82) is 0 Å². The van der Waals surface area contributed by atoms with Crippen LogP contribution < -0.4 is 4.90 Å². The highest BCUT2D eigenvalue weighted by Crippen LogP contribution is 2.46. The van der Waals surface area contributed by atoms with Crippen molar-refractivity contribution in [3.63, 3.8) is 0 Å². The molecule has 5 heteroatoms. The zero-order valence-corrected chi connectivity index (χ0v) is 21.4. The van der Waals surface area contributed by atoms with Crippen LogP contribution >= 0.6 is 0 Å². The van der Waals surface area contributed by atoms with Crippen LogP contribution in [0.15, 0.2) is 128 Å². The van der Waals surface area contributed by atoms with Crippen molar-refractivity contribution in [1.82, 2.24) is 14.5 Å². The van der Waals surface area contributed by atoms with Crippen molar-refractivity contribution in [2.45, 2.75) is 0 Å². The summed E-state index contributed by atoms with van der Waals surface area (Å²) >= 11 is 0. The van der Waals surface area contributed by atoms with Gasteiger partial charge < -0.3 is 9.47 Å². The summed E-state index contributed by atoms with van der Waals surface area (Å²) in [5.41, 5.74) is 8.66. The Labute approximate surface area is 230 Å². The van der Waals surface area contributed by atoms with Gasteiger partial charge in [-0.15, -0.1) is 0 Å². The van der Waals surface area contributed by atoms with Crippen molar-refractivity contribution >= 4 is 66.4 Å². The van der Waals surface area contributed by atoms with Gasteiger partial charge in [-0.05, 0) is 60.0 Å². The minimum atomic E-state index is 0.605. The SMILES string of the molecule is [C-]#[N+]c1ccc(N(c2ccc3c4c2ccc2cccc(c24)n3-c2ccccc2)c2cccc3nccnc23)cc1. The summed E-state index contributed by atoms with van der Waals surface area (Å²) in [6.45, 7) is 7.45. The van der Waals surface area contributed by atoms with E-state index in [2.05, 4.69) is 98.2 Å². The van der Waals surface area contributed by atoms with E-state index in [0.717, 1.165) is 44.7 Å². The molecule has 186 valence electrons. The fourth-order valence-corrected chi connectivity index (χ4v) is 5.97. The minimum Gasteiger partial charge on any atom is -0.309 e. The number of hydrogen-bond acceptors (Lipinski definition) is 3. The third kappa shape index (κ3) is 3.20. The van der Waals surface area contributed by atoms with Gasteiger partial charge >= 0.3 is 0 Å².